The summed E-state index contributed by atoms with van der Waals surface area (Å²) in [6, 6.07) is 22.8. The number of benzene rings is 3. The van der Waals surface area contributed by atoms with Crippen LogP contribution in [0.15, 0.2) is 72.8 Å². The number of aryl methyl sites for hydroxylation is 1. The molecule has 0 aliphatic carbocycles. The number of carbonyl (C=O) groups excluding carboxylic acids is 2. The third kappa shape index (κ3) is 4.75. The molecule has 2 N–H and O–H groups in total. The first-order chi connectivity index (χ1) is 15.0. The number of nitrogens with zero attached hydrogens (tertiary/aromatic N) is 2. The summed E-state index contributed by atoms with van der Waals surface area (Å²) in [5, 5.41) is 5.91. The molecule has 0 atom stereocenters. The van der Waals surface area contributed by atoms with Crippen LogP contribution in [0.5, 0.6) is 0 Å². The van der Waals surface area contributed by atoms with E-state index in [9.17, 15) is 9.59 Å². The van der Waals surface area contributed by atoms with Crippen molar-refractivity contribution in [2.45, 2.75) is 19.8 Å². The molecule has 0 unspecified atom stereocenters. The normalized spacial score (nSPS) is 10.8. The maximum absolute atomic E-state index is 12.6. The minimum atomic E-state index is -0.195. The lowest BCUT2D eigenvalue weighted by Crippen LogP contribution is -2.14. The molecular weight excluding hydrogens is 412 g/mol. The first kappa shape index (κ1) is 20.6. The van der Waals surface area contributed by atoms with E-state index in [0.717, 1.165) is 22.5 Å². The molecule has 31 heavy (non-hydrogen) atoms. The molecule has 4 aromatic rings. The Hall–Kier alpha value is -3.64. The van der Waals surface area contributed by atoms with E-state index in [1.165, 1.54) is 6.92 Å². The van der Waals surface area contributed by atoms with Gasteiger partial charge in [0.25, 0.3) is 0 Å². The molecule has 6 nitrogen and oxygen atoms in total. The molecule has 7 heteroatoms. The third-order valence-corrected chi connectivity index (χ3v) is 5.11. The van der Waals surface area contributed by atoms with Crippen LogP contribution in [0.25, 0.3) is 16.7 Å². The molecule has 0 saturated heterocycles. The SMILES string of the molecule is CC(=O)Nc1ccc(Cl)c(NC(=O)CCc2nc3ccccc3n2-c2ccccc2)c1. The van der Waals surface area contributed by atoms with Gasteiger partial charge in [-0.1, -0.05) is 41.9 Å². The van der Waals surface area contributed by atoms with Gasteiger partial charge < -0.3 is 10.6 Å². The van der Waals surface area contributed by atoms with Crippen molar-refractivity contribution in [1.82, 2.24) is 9.55 Å². The maximum Gasteiger partial charge on any atom is 0.224 e. The van der Waals surface area contributed by atoms with Crippen LogP contribution in [0.1, 0.15) is 19.2 Å². The Kier molecular flexibility index (Phi) is 6.00. The first-order valence-corrected chi connectivity index (χ1v) is 10.3. The number of fused-ring (bicyclic) bond motifs is 1. The van der Waals surface area contributed by atoms with Gasteiger partial charge in [0, 0.05) is 31.1 Å². The van der Waals surface area contributed by atoms with Gasteiger partial charge in [-0.15, -0.1) is 0 Å². The second-order valence-corrected chi connectivity index (χ2v) is 7.52. The number of rotatable bonds is 6. The third-order valence-electron chi connectivity index (χ3n) is 4.78. The molecule has 156 valence electrons. The average Bonchev–Trinajstić information content (AvgIpc) is 3.13. The van der Waals surface area contributed by atoms with Crippen molar-refractivity contribution in [3.05, 3.63) is 83.6 Å². The second kappa shape index (κ2) is 9.02. The van der Waals surface area contributed by atoms with Crippen LogP contribution in [0.4, 0.5) is 11.4 Å². The summed E-state index contributed by atoms with van der Waals surface area (Å²) < 4.78 is 2.08. The molecule has 4 rings (SSSR count). The van der Waals surface area contributed by atoms with Crippen molar-refractivity contribution in [2.24, 2.45) is 0 Å². The quantitative estimate of drug-likeness (QED) is 0.439. The van der Waals surface area contributed by atoms with Gasteiger partial charge in [0.1, 0.15) is 5.82 Å². The molecular formula is C24H21ClN4O2. The van der Waals surface area contributed by atoms with Crippen LogP contribution < -0.4 is 10.6 Å². The molecule has 0 bridgehead atoms. The van der Waals surface area contributed by atoms with Crippen molar-refractivity contribution in [1.29, 1.82) is 0 Å². The smallest absolute Gasteiger partial charge is 0.224 e. The first-order valence-electron chi connectivity index (χ1n) is 9.90. The van der Waals surface area contributed by atoms with Crippen LogP contribution >= 0.6 is 11.6 Å². The van der Waals surface area contributed by atoms with Crippen molar-refractivity contribution in [2.75, 3.05) is 10.6 Å². The Labute approximate surface area is 184 Å². The number of hydrogen-bond acceptors (Lipinski definition) is 3. The van der Waals surface area contributed by atoms with Crippen LogP contribution in [-0.2, 0) is 16.0 Å². The Morgan fingerprint density at radius 2 is 1.71 bits per heavy atom. The summed E-state index contributed by atoms with van der Waals surface area (Å²) in [6.45, 7) is 1.42. The zero-order valence-corrected chi connectivity index (χ0v) is 17.7. The van der Waals surface area contributed by atoms with E-state index in [-0.39, 0.29) is 18.2 Å². The van der Waals surface area contributed by atoms with E-state index in [1.54, 1.807) is 18.2 Å². The van der Waals surface area contributed by atoms with Crippen LogP contribution in [0, 0.1) is 0 Å². The van der Waals surface area contributed by atoms with E-state index in [1.807, 2.05) is 54.6 Å². The minimum absolute atomic E-state index is 0.187. The van der Waals surface area contributed by atoms with Gasteiger partial charge in [-0.2, -0.15) is 0 Å². The molecule has 0 fully saturated rings. The van der Waals surface area contributed by atoms with E-state index < -0.39 is 0 Å². The monoisotopic (exact) mass is 432 g/mol. The average molecular weight is 433 g/mol. The van der Waals surface area contributed by atoms with Gasteiger partial charge in [0.2, 0.25) is 11.8 Å². The maximum atomic E-state index is 12.6. The predicted octanol–water partition coefficient (Wildman–Crippen LogP) is 5.21. The van der Waals surface area contributed by atoms with Gasteiger partial charge in [-0.25, -0.2) is 4.98 Å². The number of hydrogen-bond donors (Lipinski definition) is 2. The Bertz CT molecular complexity index is 1250. The molecule has 1 heterocycles. The fourth-order valence-electron chi connectivity index (χ4n) is 3.45. The fourth-order valence-corrected chi connectivity index (χ4v) is 3.61. The lowest BCUT2D eigenvalue weighted by Gasteiger charge is -2.11. The molecule has 0 aliphatic heterocycles. The highest BCUT2D eigenvalue weighted by Gasteiger charge is 2.14. The summed E-state index contributed by atoms with van der Waals surface area (Å²) in [6.07, 6.45) is 0.690. The summed E-state index contributed by atoms with van der Waals surface area (Å²) in [7, 11) is 0. The predicted molar refractivity (Wildman–Crippen MR) is 124 cm³/mol. The summed E-state index contributed by atoms with van der Waals surface area (Å²) in [5.41, 5.74) is 3.90. The van der Waals surface area contributed by atoms with Crippen LogP contribution in [0.2, 0.25) is 5.02 Å². The van der Waals surface area contributed by atoms with E-state index in [4.69, 9.17) is 16.6 Å². The second-order valence-electron chi connectivity index (χ2n) is 7.11. The van der Waals surface area contributed by atoms with Crippen molar-refractivity contribution >= 4 is 45.8 Å². The van der Waals surface area contributed by atoms with Gasteiger partial charge in [-0.3, -0.25) is 14.2 Å². The topological polar surface area (TPSA) is 76.0 Å². The molecule has 1 aromatic heterocycles. The Morgan fingerprint density at radius 3 is 2.48 bits per heavy atom. The number of para-hydroxylation sites is 3. The zero-order chi connectivity index (χ0) is 21.8. The number of aromatic nitrogens is 2. The van der Waals surface area contributed by atoms with Gasteiger partial charge >= 0.3 is 0 Å². The van der Waals surface area contributed by atoms with Crippen molar-refractivity contribution < 1.29 is 9.59 Å². The lowest BCUT2D eigenvalue weighted by atomic mass is 10.2. The molecule has 0 aliphatic rings. The number of anilines is 2. The lowest BCUT2D eigenvalue weighted by molar-refractivity contribution is -0.116. The Balaban J connectivity index is 1.54. The zero-order valence-electron chi connectivity index (χ0n) is 16.9. The van der Waals surface area contributed by atoms with E-state index in [0.29, 0.717) is 22.8 Å². The fraction of sp³-hybridized carbons (Fsp3) is 0.125. The number of carbonyl (C=O) groups is 2. The number of nitrogens with one attached hydrogen (secondary N) is 2. The highest BCUT2D eigenvalue weighted by atomic mass is 35.5. The summed E-state index contributed by atoms with van der Waals surface area (Å²) in [4.78, 5) is 28.7. The number of amides is 2. The highest BCUT2D eigenvalue weighted by molar-refractivity contribution is 6.33. The summed E-state index contributed by atoms with van der Waals surface area (Å²) >= 11 is 6.21. The number of imidazole rings is 1. The Morgan fingerprint density at radius 1 is 0.968 bits per heavy atom. The van der Waals surface area contributed by atoms with Gasteiger partial charge in [0.15, 0.2) is 0 Å². The summed E-state index contributed by atoms with van der Waals surface area (Å²) in [5.74, 6) is 0.425. The van der Waals surface area contributed by atoms with Crippen LogP contribution in [0.3, 0.4) is 0 Å². The molecule has 2 amide bonds. The van der Waals surface area contributed by atoms with Crippen molar-refractivity contribution in [3.63, 3.8) is 0 Å². The molecule has 0 saturated carbocycles. The number of halogens is 1. The van der Waals surface area contributed by atoms with Crippen LogP contribution in [-0.4, -0.2) is 21.4 Å². The molecule has 0 spiro atoms. The minimum Gasteiger partial charge on any atom is -0.326 e. The van der Waals surface area contributed by atoms with Gasteiger partial charge in [-0.05, 0) is 42.5 Å². The van der Waals surface area contributed by atoms with E-state index >= 15 is 0 Å². The van der Waals surface area contributed by atoms with Crippen molar-refractivity contribution in [3.8, 4) is 5.69 Å². The largest absolute Gasteiger partial charge is 0.326 e. The standard InChI is InChI=1S/C24H21ClN4O2/c1-16(30)26-17-11-12-19(25)21(15-17)28-24(31)14-13-23-27-20-9-5-6-10-22(20)29(23)18-7-3-2-4-8-18/h2-12,15H,13-14H2,1H3,(H,26,30)(H,28,31). The highest BCUT2D eigenvalue weighted by Crippen LogP contribution is 2.26. The van der Waals surface area contributed by atoms with E-state index in [2.05, 4.69) is 15.2 Å². The van der Waals surface area contributed by atoms with Gasteiger partial charge in [0.05, 0.1) is 21.7 Å². The molecule has 3 aromatic carbocycles. The molecule has 0 radical (unpaired) electrons.